The molecule has 0 amide bonds. The lowest BCUT2D eigenvalue weighted by atomic mass is 10.1. The van der Waals surface area contributed by atoms with Crippen LogP contribution in [0, 0.1) is 0 Å². The van der Waals surface area contributed by atoms with Crippen LogP contribution >= 0.6 is 0 Å². The van der Waals surface area contributed by atoms with Crippen LogP contribution in [0.5, 0.6) is 0 Å². The second-order valence-electron chi connectivity index (χ2n) is 6.27. The minimum absolute atomic E-state index is 0.354. The fraction of sp³-hybridized carbons (Fsp3) is 0.800. The van der Waals surface area contributed by atoms with Crippen LogP contribution in [0.1, 0.15) is 57.2 Å². The molecule has 0 aromatic carbocycles. The minimum Gasteiger partial charge on any atom is -0.385 e. The number of rotatable bonds is 3. The van der Waals surface area contributed by atoms with Gasteiger partial charge >= 0.3 is 0 Å². The normalized spacial score (nSPS) is 28.0. The van der Waals surface area contributed by atoms with Crippen LogP contribution in [0.4, 0.5) is 0 Å². The molecule has 0 spiro atoms. The number of hydrogen-bond acceptors (Lipinski definition) is 3. The molecule has 0 radical (unpaired) electrons. The van der Waals surface area contributed by atoms with E-state index in [1.54, 1.807) is 0 Å². The molecule has 2 aliphatic rings. The maximum absolute atomic E-state index is 9.98. The molecule has 3 heterocycles. The molecule has 3 rings (SSSR count). The van der Waals surface area contributed by atoms with Crippen molar-refractivity contribution in [3.8, 4) is 0 Å². The van der Waals surface area contributed by atoms with Gasteiger partial charge in [-0.2, -0.15) is 0 Å². The first-order valence-electron chi connectivity index (χ1n) is 7.65. The molecule has 0 aliphatic carbocycles. The average molecular weight is 263 g/mol. The lowest BCUT2D eigenvalue weighted by Gasteiger charge is -2.27. The molecule has 19 heavy (non-hydrogen) atoms. The van der Waals surface area contributed by atoms with Crippen LogP contribution in [-0.4, -0.2) is 38.2 Å². The highest BCUT2D eigenvalue weighted by Crippen LogP contribution is 2.27. The SMILES string of the molecule is CC(C)N1CCCC1Cc1cn2c(n1)C(O)CCC2. The first kappa shape index (κ1) is 13.1. The summed E-state index contributed by atoms with van der Waals surface area (Å²) in [6, 6.07) is 1.25. The Balaban J connectivity index is 1.73. The smallest absolute Gasteiger partial charge is 0.137 e. The highest BCUT2D eigenvalue weighted by atomic mass is 16.3. The number of imidazole rings is 1. The molecule has 1 aromatic heterocycles. The van der Waals surface area contributed by atoms with E-state index in [1.807, 2.05) is 0 Å². The molecule has 2 aliphatic heterocycles. The number of aliphatic hydroxyl groups excluding tert-OH is 1. The van der Waals surface area contributed by atoms with Crippen molar-refractivity contribution in [2.24, 2.45) is 0 Å². The Kier molecular flexibility index (Phi) is 3.63. The molecule has 2 atom stereocenters. The largest absolute Gasteiger partial charge is 0.385 e. The fourth-order valence-corrected chi connectivity index (χ4v) is 3.61. The molecule has 2 unspecified atom stereocenters. The third-order valence-electron chi connectivity index (χ3n) is 4.56. The van der Waals surface area contributed by atoms with Crippen molar-refractivity contribution in [3.63, 3.8) is 0 Å². The number of nitrogens with zero attached hydrogens (tertiary/aromatic N) is 3. The van der Waals surface area contributed by atoms with Gasteiger partial charge in [-0.05, 0) is 46.1 Å². The van der Waals surface area contributed by atoms with Gasteiger partial charge in [-0.15, -0.1) is 0 Å². The van der Waals surface area contributed by atoms with E-state index in [0.29, 0.717) is 12.1 Å². The van der Waals surface area contributed by atoms with Crippen LogP contribution in [0.2, 0.25) is 0 Å². The number of aliphatic hydroxyl groups is 1. The number of aromatic nitrogens is 2. The molecule has 4 nitrogen and oxygen atoms in total. The Bertz CT molecular complexity index is 441. The van der Waals surface area contributed by atoms with Crippen molar-refractivity contribution in [3.05, 3.63) is 17.7 Å². The van der Waals surface area contributed by atoms with Crippen molar-refractivity contribution in [2.75, 3.05) is 6.54 Å². The zero-order valence-corrected chi connectivity index (χ0v) is 12.0. The summed E-state index contributed by atoms with van der Waals surface area (Å²) in [5, 5.41) is 9.98. The summed E-state index contributed by atoms with van der Waals surface area (Å²) in [5.74, 6) is 0.885. The Hall–Kier alpha value is -0.870. The van der Waals surface area contributed by atoms with Crippen LogP contribution in [0.25, 0.3) is 0 Å². The number of hydrogen-bond donors (Lipinski definition) is 1. The highest BCUT2D eigenvalue weighted by Gasteiger charge is 2.28. The number of aryl methyl sites for hydroxylation is 1. The Morgan fingerprint density at radius 2 is 2.11 bits per heavy atom. The van der Waals surface area contributed by atoms with Crippen LogP contribution in [0.15, 0.2) is 6.20 Å². The second-order valence-corrected chi connectivity index (χ2v) is 6.27. The summed E-state index contributed by atoms with van der Waals surface area (Å²) in [6.45, 7) is 6.79. The summed E-state index contributed by atoms with van der Waals surface area (Å²) in [5.41, 5.74) is 1.16. The van der Waals surface area contributed by atoms with E-state index in [-0.39, 0.29) is 6.10 Å². The van der Waals surface area contributed by atoms with Gasteiger partial charge in [0.05, 0.1) is 5.69 Å². The van der Waals surface area contributed by atoms with Crippen molar-refractivity contribution in [1.82, 2.24) is 14.5 Å². The van der Waals surface area contributed by atoms with E-state index in [1.165, 1.54) is 19.4 Å². The van der Waals surface area contributed by atoms with Gasteiger partial charge in [0.15, 0.2) is 0 Å². The van der Waals surface area contributed by atoms with E-state index in [0.717, 1.165) is 37.3 Å². The lowest BCUT2D eigenvalue weighted by Crippen LogP contribution is -2.36. The molecule has 4 heteroatoms. The zero-order valence-electron chi connectivity index (χ0n) is 12.0. The third-order valence-corrected chi connectivity index (χ3v) is 4.56. The van der Waals surface area contributed by atoms with E-state index >= 15 is 0 Å². The maximum atomic E-state index is 9.98. The van der Waals surface area contributed by atoms with Crippen LogP contribution < -0.4 is 0 Å². The molecule has 1 saturated heterocycles. The van der Waals surface area contributed by atoms with Crippen molar-refractivity contribution in [2.45, 2.75) is 70.7 Å². The van der Waals surface area contributed by atoms with E-state index in [9.17, 15) is 5.11 Å². The molecular weight excluding hydrogens is 238 g/mol. The van der Waals surface area contributed by atoms with E-state index < -0.39 is 0 Å². The molecule has 1 N–H and O–H groups in total. The second kappa shape index (κ2) is 5.25. The summed E-state index contributed by atoms with van der Waals surface area (Å²) in [6.07, 6.45) is 7.34. The van der Waals surface area contributed by atoms with Gasteiger partial charge in [0.2, 0.25) is 0 Å². The predicted octanol–water partition coefficient (Wildman–Crippen LogP) is 2.13. The Morgan fingerprint density at radius 3 is 2.84 bits per heavy atom. The first-order chi connectivity index (χ1) is 9.15. The third kappa shape index (κ3) is 2.56. The molecule has 0 saturated carbocycles. The topological polar surface area (TPSA) is 41.3 Å². The van der Waals surface area contributed by atoms with Gasteiger partial charge in [-0.1, -0.05) is 0 Å². The summed E-state index contributed by atoms with van der Waals surface area (Å²) < 4.78 is 2.15. The van der Waals surface area contributed by atoms with Crippen molar-refractivity contribution in [1.29, 1.82) is 0 Å². The summed E-state index contributed by atoms with van der Waals surface area (Å²) in [4.78, 5) is 7.27. The van der Waals surface area contributed by atoms with Gasteiger partial charge in [-0.3, -0.25) is 4.90 Å². The molecule has 1 aromatic rings. The average Bonchev–Trinajstić information content (AvgIpc) is 2.96. The van der Waals surface area contributed by atoms with E-state index in [2.05, 4.69) is 34.5 Å². The minimum atomic E-state index is -0.354. The molecule has 0 bridgehead atoms. The predicted molar refractivity (Wildman–Crippen MR) is 75.0 cm³/mol. The van der Waals surface area contributed by atoms with Crippen LogP contribution in [-0.2, 0) is 13.0 Å². The van der Waals surface area contributed by atoms with E-state index in [4.69, 9.17) is 0 Å². The van der Waals surface area contributed by atoms with Crippen molar-refractivity contribution >= 4 is 0 Å². The van der Waals surface area contributed by atoms with Gasteiger partial charge in [-0.25, -0.2) is 4.98 Å². The molecular formula is C15H25N3O. The molecule has 1 fully saturated rings. The first-order valence-corrected chi connectivity index (χ1v) is 7.65. The summed E-state index contributed by atoms with van der Waals surface area (Å²) in [7, 11) is 0. The standard InChI is InChI=1S/C15H25N3O/c1-11(2)18-8-3-5-13(18)9-12-10-17-7-4-6-14(19)15(17)16-12/h10-11,13-14,19H,3-9H2,1-2H3. The van der Waals surface area contributed by atoms with Gasteiger partial charge in [0.1, 0.15) is 11.9 Å². The van der Waals surface area contributed by atoms with Gasteiger partial charge < -0.3 is 9.67 Å². The summed E-state index contributed by atoms with van der Waals surface area (Å²) >= 11 is 0. The van der Waals surface area contributed by atoms with Crippen LogP contribution in [0.3, 0.4) is 0 Å². The monoisotopic (exact) mass is 263 g/mol. The maximum Gasteiger partial charge on any atom is 0.137 e. The molecule has 106 valence electrons. The zero-order chi connectivity index (χ0) is 13.4. The fourth-order valence-electron chi connectivity index (χ4n) is 3.61. The lowest BCUT2D eigenvalue weighted by molar-refractivity contribution is 0.133. The highest BCUT2D eigenvalue weighted by molar-refractivity contribution is 5.10. The van der Waals surface area contributed by atoms with Gasteiger partial charge in [0.25, 0.3) is 0 Å². The number of fused-ring (bicyclic) bond motifs is 1. The Morgan fingerprint density at radius 1 is 1.32 bits per heavy atom. The van der Waals surface area contributed by atoms with Crippen molar-refractivity contribution < 1.29 is 5.11 Å². The quantitative estimate of drug-likeness (QED) is 0.908. The van der Waals surface area contributed by atoms with Gasteiger partial charge in [0, 0.05) is 31.2 Å². The number of likely N-dealkylation sites (tertiary alicyclic amines) is 1. The Labute approximate surface area is 115 Å².